The van der Waals surface area contributed by atoms with E-state index in [1.807, 2.05) is 6.92 Å². The molecular formula is C9H17NO. The summed E-state index contributed by atoms with van der Waals surface area (Å²) in [5.74, 6) is 1.42. The largest absolute Gasteiger partial charge is 0.356 e. The Bertz CT molecular complexity index is 138. The highest BCUT2D eigenvalue weighted by Gasteiger charge is 2.32. The summed E-state index contributed by atoms with van der Waals surface area (Å²) >= 11 is 0. The first-order valence-corrected chi connectivity index (χ1v) is 4.55. The second kappa shape index (κ2) is 3.74. The molecule has 1 aliphatic rings. The van der Waals surface area contributed by atoms with Gasteiger partial charge in [0.25, 0.3) is 0 Å². The minimum absolute atomic E-state index is 0.261. The maximum Gasteiger partial charge on any atom is 0.223 e. The zero-order chi connectivity index (χ0) is 8.27. The molecule has 0 aromatic heterocycles. The third-order valence-electron chi connectivity index (χ3n) is 2.53. The van der Waals surface area contributed by atoms with E-state index in [1.54, 1.807) is 0 Å². The van der Waals surface area contributed by atoms with Gasteiger partial charge in [-0.2, -0.15) is 0 Å². The van der Waals surface area contributed by atoms with E-state index in [9.17, 15) is 4.79 Å². The lowest BCUT2D eigenvalue weighted by molar-refractivity contribution is -0.128. The zero-order valence-corrected chi connectivity index (χ0v) is 7.39. The molecule has 1 aliphatic carbocycles. The molecule has 11 heavy (non-hydrogen) atoms. The lowest BCUT2D eigenvalue weighted by Crippen LogP contribution is -2.38. The molecule has 0 aromatic rings. The third-order valence-corrected chi connectivity index (χ3v) is 2.53. The Morgan fingerprint density at radius 1 is 1.45 bits per heavy atom. The van der Waals surface area contributed by atoms with Crippen molar-refractivity contribution in [1.82, 2.24) is 5.32 Å². The number of hydrogen-bond donors (Lipinski definition) is 1. The Morgan fingerprint density at radius 2 is 2.09 bits per heavy atom. The molecule has 0 saturated heterocycles. The van der Waals surface area contributed by atoms with Crippen LogP contribution in [0.2, 0.25) is 0 Å². The SMILES string of the molecule is CCNC(=O)C1CC(CC)C1. The molecule has 0 heterocycles. The fourth-order valence-electron chi connectivity index (χ4n) is 1.60. The predicted molar refractivity (Wildman–Crippen MR) is 45.2 cm³/mol. The summed E-state index contributed by atoms with van der Waals surface area (Å²) in [4.78, 5) is 11.2. The zero-order valence-electron chi connectivity index (χ0n) is 7.39. The van der Waals surface area contributed by atoms with Gasteiger partial charge in [-0.1, -0.05) is 13.3 Å². The summed E-state index contributed by atoms with van der Waals surface area (Å²) in [6.45, 7) is 4.93. The van der Waals surface area contributed by atoms with Crippen LogP contribution in [0, 0.1) is 11.8 Å². The van der Waals surface area contributed by atoms with Gasteiger partial charge in [0.05, 0.1) is 0 Å². The average Bonchev–Trinajstić information content (AvgIpc) is 1.86. The first-order valence-electron chi connectivity index (χ1n) is 4.55. The summed E-state index contributed by atoms with van der Waals surface area (Å²) < 4.78 is 0. The molecule has 64 valence electrons. The molecule has 1 fully saturated rings. The molecule has 0 radical (unpaired) electrons. The van der Waals surface area contributed by atoms with Crippen molar-refractivity contribution in [3.05, 3.63) is 0 Å². The van der Waals surface area contributed by atoms with Gasteiger partial charge in [0.1, 0.15) is 0 Å². The minimum atomic E-state index is 0.261. The first kappa shape index (κ1) is 8.57. The smallest absolute Gasteiger partial charge is 0.223 e. The van der Waals surface area contributed by atoms with Gasteiger partial charge < -0.3 is 5.32 Å². The Hall–Kier alpha value is -0.530. The van der Waals surface area contributed by atoms with Gasteiger partial charge in [-0.05, 0) is 25.7 Å². The van der Waals surface area contributed by atoms with Crippen LogP contribution in [-0.2, 0) is 4.79 Å². The van der Waals surface area contributed by atoms with Crippen LogP contribution in [0.25, 0.3) is 0 Å². The number of amides is 1. The van der Waals surface area contributed by atoms with Crippen LogP contribution < -0.4 is 5.32 Å². The van der Waals surface area contributed by atoms with Crippen molar-refractivity contribution < 1.29 is 4.79 Å². The van der Waals surface area contributed by atoms with Crippen LogP contribution in [0.1, 0.15) is 33.1 Å². The maximum absolute atomic E-state index is 11.2. The minimum Gasteiger partial charge on any atom is -0.356 e. The van der Waals surface area contributed by atoms with Gasteiger partial charge in [0.15, 0.2) is 0 Å². The molecule has 0 aromatic carbocycles. The van der Waals surface area contributed by atoms with Crippen molar-refractivity contribution in [2.45, 2.75) is 33.1 Å². The molecule has 0 bridgehead atoms. The van der Waals surface area contributed by atoms with E-state index in [0.29, 0.717) is 5.92 Å². The van der Waals surface area contributed by atoms with Crippen LogP contribution in [0.3, 0.4) is 0 Å². The van der Waals surface area contributed by atoms with Crippen molar-refractivity contribution in [3.8, 4) is 0 Å². The molecule has 0 atom stereocenters. The van der Waals surface area contributed by atoms with E-state index in [-0.39, 0.29) is 5.91 Å². The van der Waals surface area contributed by atoms with Gasteiger partial charge in [-0.3, -0.25) is 4.79 Å². The van der Waals surface area contributed by atoms with Crippen LogP contribution in [0.5, 0.6) is 0 Å². The topological polar surface area (TPSA) is 29.1 Å². The van der Waals surface area contributed by atoms with E-state index in [4.69, 9.17) is 0 Å². The maximum atomic E-state index is 11.2. The van der Waals surface area contributed by atoms with Gasteiger partial charge in [0.2, 0.25) is 5.91 Å². The number of hydrogen-bond acceptors (Lipinski definition) is 1. The summed E-state index contributed by atoms with van der Waals surface area (Å²) in [6.07, 6.45) is 3.46. The lowest BCUT2D eigenvalue weighted by atomic mass is 9.73. The summed E-state index contributed by atoms with van der Waals surface area (Å²) in [7, 11) is 0. The average molecular weight is 155 g/mol. The molecular weight excluding hydrogens is 138 g/mol. The Morgan fingerprint density at radius 3 is 2.55 bits per heavy atom. The fourth-order valence-corrected chi connectivity index (χ4v) is 1.60. The number of carbonyl (C=O) groups excluding carboxylic acids is 1. The van der Waals surface area contributed by atoms with Gasteiger partial charge in [0, 0.05) is 12.5 Å². The van der Waals surface area contributed by atoms with E-state index in [1.165, 1.54) is 6.42 Å². The lowest BCUT2D eigenvalue weighted by Gasteiger charge is -2.33. The standard InChI is InChI=1S/C9H17NO/c1-3-7-5-8(6-7)9(11)10-4-2/h7-8H,3-6H2,1-2H3,(H,10,11). The second-order valence-corrected chi connectivity index (χ2v) is 3.34. The van der Waals surface area contributed by atoms with Crippen molar-refractivity contribution in [1.29, 1.82) is 0 Å². The summed E-state index contributed by atoms with van der Waals surface area (Å²) in [6, 6.07) is 0. The van der Waals surface area contributed by atoms with Crippen molar-refractivity contribution in [2.24, 2.45) is 11.8 Å². The Labute approximate surface area is 68.4 Å². The number of nitrogens with one attached hydrogen (secondary N) is 1. The van der Waals surface area contributed by atoms with Crippen LogP contribution in [0.4, 0.5) is 0 Å². The van der Waals surface area contributed by atoms with Crippen molar-refractivity contribution in [2.75, 3.05) is 6.54 Å². The highest BCUT2D eigenvalue weighted by Crippen LogP contribution is 2.35. The van der Waals surface area contributed by atoms with Crippen molar-refractivity contribution >= 4 is 5.91 Å². The molecule has 2 heteroatoms. The predicted octanol–water partition coefficient (Wildman–Crippen LogP) is 1.56. The Balaban J connectivity index is 2.16. The molecule has 1 saturated carbocycles. The summed E-state index contributed by atoms with van der Waals surface area (Å²) in [5, 5.41) is 2.85. The molecule has 1 rings (SSSR count). The highest BCUT2D eigenvalue weighted by atomic mass is 16.1. The quantitative estimate of drug-likeness (QED) is 0.658. The number of carbonyl (C=O) groups is 1. The first-order chi connectivity index (χ1) is 5.27. The second-order valence-electron chi connectivity index (χ2n) is 3.34. The van der Waals surface area contributed by atoms with Gasteiger partial charge in [-0.15, -0.1) is 0 Å². The van der Waals surface area contributed by atoms with E-state index < -0.39 is 0 Å². The molecule has 1 amide bonds. The van der Waals surface area contributed by atoms with Gasteiger partial charge in [-0.25, -0.2) is 0 Å². The van der Waals surface area contributed by atoms with E-state index in [2.05, 4.69) is 12.2 Å². The monoisotopic (exact) mass is 155 g/mol. The van der Waals surface area contributed by atoms with Crippen molar-refractivity contribution in [3.63, 3.8) is 0 Å². The van der Waals surface area contributed by atoms with E-state index >= 15 is 0 Å². The van der Waals surface area contributed by atoms with Crippen LogP contribution >= 0.6 is 0 Å². The van der Waals surface area contributed by atoms with Crippen LogP contribution in [-0.4, -0.2) is 12.5 Å². The molecule has 0 unspecified atom stereocenters. The summed E-state index contributed by atoms with van der Waals surface area (Å²) in [5.41, 5.74) is 0. The molecule has 2 nitrogen and oxygen atoms in total. The highest BCUT2D eigenvalue weighted by molar-refractivity contribution is 5.79. The number of rotatable bonds is 3. The van der Waals surface area contributed by atoms with Gasteiger partial charge >= 0.3 is 0 Å². The van der Waals surface area contributed by atoms with E-state index in [0.717, 1.165) is 25.3 Å². The Kier molecular flexibility index (Phi) is 2.92. The molecule has 0 spiro atoms. The van der Waals surface area contributed by atoms with Crippen LogP contribution in [0.15, 0.2) is 0 Å². The third kappa shape index (κ3) is 1.95. The molecule has 0 aliphatic heterocycles. The molecule has 1 N–H and O–H groups in total. The fraction of sp³-hybridized carbons (Fsp3) is 0.889. The normalized spacial score (nSPS) is 29.3.